The minimum absolute atomic E-state index is 0.140. The van der Waals surface area contributed by atoms with Gasteiger partial charge >= 0.3 is 6.09 Å². The SMILES string of the molecule is C[Si](C)OC(c1cn(-c2ccc(N3C[C@H](CN)OC3=O)cc2F)cn1)C(C)(C)C. The molecular weight excluding hydrogens is 391 g/mol. The molecule has 3 rings (SSSR count). The Labute approximate surface area is 172 Å². The first-order chi connectivity index (χ1) is 13.6. The Morgan fingerprint density at radius 3 is 2.69 bits per heavy atom. The average molecular weight is 420 g/mol. The predicted octanol–water partition coefficient (Wildman–Crippen LogP) is 3.65. The molecule has 1 amide bonds. The van der Waals surface area contributed by atoms with Crippen molar-refractivity contribution in [3.05, 3.63) is 42.2 Å². The third-order valence-corrected chi connectivity index (χ3v) is 5.38. The molecule has 9 heteroatoms. The molecule has 1 saturated heterocycles. The van der Waals surface area contributed by atoms with Crippen molar-refractivity contribution in [3.63, 3.8) is 0 Å². The summed E-state index contributed by atoms with van der Waals surface area (Å²) >= 11 is 0. The van der Waals surface area contributed by atoms with Crippen LogP contribution in [0, 0.1) is 11.2 Å². The quantitative estimate of drug-likeness (QED) is 0.723. The van der Waals surface area contributed by atoms with Crippen LogP contribution in [0.2, 0.25) is 13.1 Å². The first-order valence-corrected chi connectivity index (χ1v) is 12.0. The maximum absolute atomic E-state index is 14.9. The van der Waals surface area contributed by atoms with Gasteiger partial charge in [-0.15, -0.1) is 0 Å². The number of carbonyl (C=O) groups excluding carboxylic acids is 1. The van der Waals surface area contributed by atoms with Gasteiger partial charge in [-0.2, -0.15) is 0 Å². The molecule has 157 valence electrons. The summed E-state index contributed by atoms with van der Waals surface area (Å²) in [5.74, 6) is -0.459. The number of hydrogen-bond acceptors (Lipinski definition) is 5. The number of imidazole rings is 1. The molecular formula is C20H28FN4O3Si. The summed E-state index contributed by atoms with van der Waals surface area (Å²) in [6, 6.07) is 4.64. The number of benzene rings is 1. The Kier molecular flexibility index (Phi) is 6.11. The number of nitrogens with zero attached hydrogens (tertiary/aromatic N) is 3. The normalized spacial score (nSPS) is 18.4. The van der Waals surface area contributed by atoms with E-state index in [0.29, 0.717) is 17.9 Å². The summed E-state index contributed by atoms with van der Waals surface area (Å²) in [6.45, 7) is 11.0. The van der Waals surface area contributed by atoms with Crippen molar-refractivity contribution in [1.82, 2.24) is 9.55 Å². The third kappa shape index (κ3) is 4.68. The van der Waals surface area contributed by atoms with Crippen LogP contribution in [0.4, 0.5) is 14.9 Å². The minimum Gasteiger partial charge on any atom is -0.443 e. The Morgan fingerprint density at radius 2 is 2.14 bits per heavy atom. The van der Waals surface area contributed by atoms with Crippen LogP contribution in [0.15, 0.2) is 30.7 Å². The predicted molar refractivity (Wildman–Crippen MR) is 111 cm³/mol. The highest BCUT2D eigenvalue weighted by Gasteiger charge is 2.32. The van der Waals surface area contributed by atoms with Crippen molar-refractivity contribution >= 4 is 20.8 Å². The van der Waals surface area contributed by atoms with E-state index in [1.165, 1.54) is 11.0 Å². The first-order valence-electron chi connectivity index (χ1n) is 9.59. The largest absolute Gasteiger partial charge is 0.443 e. The summed E-state index contributed by atoms with van der Waals surface area (Å²) in [5, 5.41) is 0. The lowest BCUT2D eigenvalue weighted by Crippen LogP contribution is -2.27. The standard InChI is InChI=1S/C20H28FN4O3Si/c1-20(2,3)18(28-29(4)5)16-11-24(12-23-16)17-7-6-13(8-15(17)21)25-10-14(9-22)27-19(25)26/h6-8,11-12,14,18H,9-10,22H2,1-5H3/t14-,18?/m0/s1. The maximum atomic E-state index is 14.9. The van der Waals surface area contributed by atoms with Gasteiger partial charge in [-0.1, -0.05) is 20.8 Å². The van der Waals surface area contributed by atoms with E-state index in [-0.39, 0.29) is 24.2 Å². The van der Waals surface area contributed by atoms with Crippen LogP contribution < -0.4 is 10.6 Å². The summed E-state index contributed by atoms with van der Waals surface area (Å²) in [6.07, 6.45) is 2.32. The number of aromatic nitrogens is 2. The number of carbonyl (C=O) groups is 1. The highest BCUT2D eigenvalue weighted by Crippen LogP contribution is 2.36. The van der Waals surface area contributed by atoms with Gasteiger partial charge in [-0.3, -0.25) is 4.90 Å². The van der Waals surface area contributed by atoms with E-state index in [1.54, 1.807) is 29.2 Å². The molecule has 1 fully saturated rings. The first kappa shape index (κ1) is 21.5. The molecule has 2 heterocycles. The molecule has 2 atom stereocenters. The number of ether oxygens (including phenoxy) is 1. The van der Waals surface area contributed by atoms with Crippen molar-refractivity contribution < 1.29 is 18.3 Å². The Hall–Kier alpha value is -2.23. The zero-order valence-electron chi connectivity index (χ0n) is 17.5. The van der Waals surface area contributed by atoms with Gasteiger partial charge < -0.3 is 19.5 Å². The van der Waals surface area contributed by atoms with Gasteiger partial charge in [0.15, 0.2) is 0 Å². The molecule has 0 spiro atoms. The second-order valence-corrected chi connectivity index (χ2v) is 10.5. The second kappa shape index (κ2) is 8.25. The van der Waals surface area contributed by atoms with Crippen LogP contribution >= 0.6 is 0 Å². The number of halogens is 1. The van der Waals surface area contributed by atoms with E-state index in [0.717, 1.165) is 5.69 Å². The van der Waals surface area contributed by atoms with Crippen LogP contribution in [0.3, 0.4) is 0 Å². The maximum Gasteiger partial charge on any atom is 0.414 e. The van der Waals surface area contributed by atoms with Gasteiger partial charge in [0.05, 0.1) is 36.0 Å². The van der Waals surface area contributed by atoms with E-state index in [2.05, 4.69) is 38.8 Å². The number of cyclic esters (lactones) is 1. The van der Waals surface area contributed by atoms with Gasteiger partial charge in [0.2, 0.25) is 9.04 Å². The number of hydrogen-bond donors (Lipinski definition) is 1. The van der Waals surface area contributed by atoms with E-state index in [9.17, 15) is 9.18 Å². The van der Waals surface area contributed by atoms with Crippen molar-refractivity contribution in [2.45, 2.75) is 46.1 Å². The van der Waals surface area contributed by atoms with Crippen LogP contribution in [0.25, 0.3) is 5.69 Å². The molecule has 29 heavy (non-hydrogen) atoms. The Bertz CT molecular complexity index is 881. The van der Waals surface area contributed by atoms with Crippen molar-refractivity contribution in [3.8, 4) is 5.69 Å². The molecule has 0 saturated carbocycles. The molecule has 1 aliphatic rings. The molecule has 2 aromatic rings. The molecule has 7 nitrogen and oxygen atoms in total. The molecule has 1 aromatic heterocycles. The minimum atomic E-state index is -0.934. The zero-order valence-corrected chi connectivity index (χ0v) is 18.5. The number of rotatable bonds is 6. The molecule has 1 aliphatic heterocycles. The third-order valence-electron chi connectivity index (χ3n) is 4.67. The average Bonchev–Trinajstić information content (AvgIpc) is 3.25. The zero-order chi connectivity index (χ0) is 21.3. The molecule has 1 unspecified atom stereocenters. The topological polar surface area (TPSA) is 82.6 Å². The summed E-state index contributed by atoms with van der Waals surface area (Å²) in [7, 11) is -0.934. The lowest BCUT2D eigenvalue weighted by molar-refractivity contribution is 0.0830. The highest BCUT2D eigenvalue weighted by molar-refractivity contribution is 6.48. The second-order valence-electron chi connectivity index (χ2n) is 8.47. The molecule has 2 N–H and O–H groups in total. The van der Waals surface area contributed by atoms with Gasteiger partial charge in [0.1, 0.15) is 11.9 Å². The molecule has 1 aromatic carbocycles. The Morgan fingerprint density at radius 1 is 1.41 bits per heavy atom. The fraction of sp³-hybridized carbons (Fsp3) is 0.500. The number of amides is 1. The fourth-order valence-electron chi connectivity index (χ4n) is 3.25. The van der Waals surface area contributed by atoms with Crippen molar-refractivity contribution in [1.29, 1.82) is 0 Å². The summed E-state index contributed by atoms with van der Waals surface area (Å²) in [4.78, 5) is 17.8. The van der Waals surface area contributed by atoms with Gasteiger partial charge in [0.25, 0.3) is 0 Å². The monoisotopic (exact) mass is 419 g/mol. The molecule has 0 aliphatic carbocycles. The van der Waals surface area contributed by atoms with Crippen LogP contribution in [0.1, 0.15) is 32.6 Å². The van der Waals surface area contributed by atoms with Crippen LogP contribution in [0.5, 0.6) is 0 Å². The Balaban J connectivity index is 1.86. The fourth-order valence-corrected chi connectivity index (χ4v) is 4.20. The van der Waals surface area contributed by atoms with Crippen LogP contribution in [-0.2, 0) is 9.16 Å². The van der Waals surface area contributed by atoms with Gasteiger partial charge in [0, 0.05) is 12.7 Å². The molecule has 1 radical (unpaired) electrons. The van der Waals surface area contributed by atoms with Crippen LogP contribution in [-0.4, -0.2) is 43.9 Å². The van der Waals surface area contributed by atoms with Crippen molar-refractivity contribution in [2.75, 3.05) is 18.0 Å². The van der Waals surface area contributed by atoms with Gasteiger partial charge in [-0.05, 0) is 36.7 Å². The smallest absolute Gasteiger partial charge is 0.414 e. The highest BCUT2D eigenvalue weighted by atomic mass is 28.3. The number of anilines is 1. The summed E-state index contributed by atoms with van der Waals surface area (Å²) < 4.78 is 27.8. The van der Waals surface area contributed by atoms with E-state index in [1.807, 2.05) is 0 Å². The van der Waals surface area contributed by atoms with E-state index < -0.39 is 21.0 Å². The van der Waals surface area contributed by atoms with Crippen molar-refractivity contribution in [2.24, 2.45) is 11.1 Å². The van der Waals surface area contributed by atoms with Gasteiger partial charge in [-0.25, -0.2) is 14.2 Å². The summed E-state index contributed by atoms with van der Waals surface area (Å²) in [5.41, 5.74) is 6.97. The lowest BCUT2D eigenvalue weighted by atomic mass is 9.87. The van der Waals surface area contributed by atoms with E-state index in [4.69, 9.17) is 14.9 Å². The van der Waals surface area contributed by atoms with E-state index >= 15 is 0 Å². The lowest BCUT2D eigenvalue weighted by Gasteiger charge is -2.31. The molecule has 0 bridgehead atoms. The number of nitrogens with two attached hydrogens (primary N) is 1.